The van der Waals surface area contributed by atoms with Gasteiger partial charge in [0.2, 0.25) is 6.79 Å². The Morgan fingerprint density at radius 2 is 1.81 bits per heavy atom. The Hall–Kier alpha value is -3.71. The van der Waals surface area contributed by atoms with Crippen LogP contribution in [0.3, 0.4) is 0 Å². The van der Waals surface area contributed by atoms with Gasteiger partial charge in [0.05, 0.1) is 7.11 Å². The number of carbonyl (C=O) groups is 1. The average molecular weight is 503 g/mol. The summed E-state index contributed by atoms with van der Waals surface area (Å²) in [7, 11) is 1.63. The van der Waals surface area contributed by atoms with Crippen LogP contribution in [0.4, 0.5) is 0 Å². The van der Waals surface area contributed by atoms with Crippen LogP contribution in [0, 0.1) is 5.92 Å². The van der Waals surface area contributed by atoms with Crippen LogP contribution >= 0.6 is 0 Å². The summed E-state index contributed by atoms with van der Waals surface area (Å²) in [5.41, 5.74) is 4.21. The van der Waals surface area contributed by atoms with Crippen LogP contribution in [0.15, 0.2) is 60.7 Å². The molecule has 7 nitrogen and oxygen atoms in total. The quantitative estimate of drug-likeness (QED) is 0.443. The van der Waals surface area contributed by atoms with E-state index < -0.39 is 0 Å². The minimum atomic E-state index is -0.159. The third-order valence-electron chi connectivity index (χ3n) is 6.91. The van der Waals surface area contributed by atoms with Gasteiger partial charge in [0.25, 0.3) is 5.91 Å². The maximum Gasteiger partial charge on any atom is 0.258 e. The molecule has 194 valence electrons. The lowest BCUT2D eigenvalue weighted by Crippen LogP contribution is -2.34. The molecule has 5 rings (SSSR count). The Morgan fingerprint density at radius 3 is 2.62 bits per heavy atom. The molecule has 3 aromatic carbocycles. The Bertz CT molecular complexity index is 1230. The number of carbonyl (C=O) groups excluding carboxylic acids is 1. The number of likely N-dealkylation sites (tertiary alicyclic amines) is 1. The van der Waals surface area contributed by atoms with E-state index in [2.05, 4.69) is 23.2 Å². The van der Waals surface area contributed by atoms with Crippen molar-refractivity contribution in [1.82, 2.24) is 10.2 Å². The molecule has 2 aliphatic rings. The molecule has 2 heterocycles. The highest BCUT2D eigenvalue weighted by Crippen LogP contribution is 2.37. The Kier molecular flexibility index (Phi) is 7.80. The SMILES string of the molecule is COc1ccc(CNC(=O)COc2ccc(-c3ccc4c(c3)OCO4)cc2CN2CCCC(C)C2)cc1. The predicted molar refractivity (Wildman–Crippen MR) is 142 cm³/mol. The number of nitrogens with one attached hydrogen (secondary N) is 1. The van der Waals surface area contributed by atoms with Gasteiger partial charge < -0.3 is 24.3 Å². The lowest BCUT2D eigenvalue weighted by molar-refractivity contribution is -0.123. The fourth-order valence-electron chi connectivity index (χ4n) is 4.91. The van der Waals surface area contributed by atoms with E-state index in [1.165, 1.54) is 12.8 Å². The first-order chi connectivity index (χ1) is 18.1. The standard InChI is InChI=1S/C30H34N2O5/c1-21-4-3-13-32(17-21)18-25-14-23(24-8-12-28-29(15-24)37-20-36-28)7-11-27(25)35-19-30(33)31-16-22-5-9-26(34-2)10-6-22/h5-12,14-15,21H,3-4,13,16-20H2,1-2H3,(H,31,33). The number of ether oxygens (including phenoxy) is 4. The second-order valence-electron chi connectivity index (χ2n) is 9.79. The minimum Gasteiger partial charge on any atom is -0.497 e. The van der Waals surface area contributed by atoms with E-state index in [1.807, 2.05) is 54.6 Å². The number of benzene rings is 3. The second kappa shape index (κ2) is 11.6. The first-order valence-corrected chi connectivity index (χ1v) is 12.8. The number of amides is 1. The van der Waals surface area contributed by atoms with Crippen LogP contribution < -0.4 is 24.3 Å². The number of fused-ring (bicyclic) bond motifs is 1. The summed E-state index contributed by atoms with van der Waals surface area (Å²) in [5, 5.41) is 2.93. The summed E-state index contributed by atoms with van der Waals surface area (Å²) < 4.78 is 22.3. The maximum absolute atomic E-state index is 12.6. The number of methoxy groups -OCH3 is 1. The van der Waals surface area contributed by atoms with E-state index in [0.717, 1.165) is 64.9 Å². The van der Waals surface area contributed by atoms with E-state index >= 15 is 0 Å². The monoisotopic (exact) mass is 502 g/mol. The average Bonchev–Trinajstić information content (AvgIpc) is 3.39. The summed E-state index contributed by atoms with van der Waals surface area (Å²) in [6.45, 7) is 5.88. The third kappa shape index (κ3) is 6.35. The van der Waals surface area contributed by atoms with Gasteiger partial charge >= 0.3 is 0 Å². The molecule has 1 saturated heterocycles. The highest BCUT2D eigenvalue weighted by atomic mass is 16.7. The van der Waals surface area contributed by atoms with Crippen LogP contribution in [-0.2, 0) is 17.9 Å². The highest BCUT2D eigenvalue weighted by Gasteiger charge is 2.20. The zero-order valence-corrected chi connectivity index (χ0v) is 21.5. The molecule has 1 atom stereocenters. The lowest BCUT2D eigenvalue weighted by atomic mass is 9.98. The molecular weight excluding hydrogens is 468 g/mol. The normalized spacial score (nSPS) is 16.9. The van der Waals surface area contributed by atoms with Gasteiger partial charge in [-0.05, 0) is 78.4 Å². The van der Waals surface area contributed by atoms with Crippen LogP contribution in [0.5, 0.6) is 23.0 Å². The van der Waals surface area contributed by atoms with Gasteiger partial charge in [0.15, 0.2) is 18.1 Å². The molecule has 2 aliphatic heterocycles. The van der Waals surface area contributed by atoms with E-state index in [4.69, 9.17) is 18.9 Å². The molecule has 3 aromatic rings. The van der Waals surface area contributed by atoms with Gasteiger partial charge in [-0.25, -0.2) is 0 Å². The first kappa shape index (κ1) is 25.0. The van der Waals surface area contributed by atoms with Crippen molar-refractivity contribution < 1.29 is 23.7 Å². The van der Waals surface area contributed by atoms with Crippen molar-refractivity contribution >= 4 is 5.91 Å². The smallest absolute Gasteiger partial charge is 0.258 e. The van der Waals surface area contributed by atoms with E-state index in [1.54, 1.807) is 7.11 Å². The molecule has 0 aliphatic carbocycles. The first-order valence-electron chi connectivity index (χ1n) is 12.8. The van der Waals surface area contributed by atoms with Gasteiger partial charge in [0.1, 0.15) is 11.5 Å². The molecule has 1 amide bonds. The second-order valence-corrected chi connectivity index (χ2v) is 9.79. The number of piperidine rings is 1. The summed E-state index contributed by atoms with van der Waals surface area (Å²) in [5.74, 6) is 3.58. The molecule has 0 spiro atoms. The van der Waals surface area contributed by atoms with Crippen molar-refractivity contribution in [3.8, 4) is 34.1 Å². The molecule has 1 unspecified atom stereocenters. The van der Waals surface area contributed by atoms with Crippen LogP contribution in [-0.4, -0.2) is 44.4 Å². The van der Waals surface area contributed by atoms with Crippen LogP contribution in [0.2, 0.25) is 0 Å². The van der Waals surface area contributed by atoms with E-state index in [0.29, 0.717) is 12.5 Å². The Balaban J connectivity index is 1.28. The zero-order valence-electron chi connectivity index (χ0n) is 21.5. The van der Waals surface area contributed by atoms with Crippen molar-refractivity contribution in [3.05, 3.63) is 71.8 Å². The van der Waals surface area contributed by atoms with Gasteiger partial charge in [0, 0.05) is 25.2 Å². The summed E-state index contributed by atoms with van der Waals surface area (Å²) in [6.07, 6.45) is 2.47. The van der Waals surface area contributed by atoms with Crippen LogP contribution in [0.25, 0.3) is 11.1 Å². The molecule has 1 N–H and O–H groups in total. The fraction of sp³-hybridized carbons (Fsp3) is 0.367. The van der Waals surface area contributed by atoms with Gasteiger partial charge in [-0.15, -0.1) is 0 Å². The molecule has 37 heavy (non-hydrogen) atoms. The summed E-state index contributed by atoms with van der Waals surface area (Å²) >= 11 is 0. The minimum absolute atomic E-state index is 0.0388. The molecule has 7 heteroatoms. The zero-order chi connectivity index (χ0) is 25.6. The predicted octanol–water partition coefficient (Wildman–Crippen LogP) is 5.02. The fourth-order valence-corrected chi connectivity index (χ4v) is 4.91. The third-order valence-corrected chi connectivity index (χ3v) is 6.91. The summed E-state index contributed by atoms with van der Waals surface area (Å²) in [4.78, 5) is 15.0. The molecule has 0 radical (unpaired) electrons. The van der Waals surface area contributed by atoms with E-state index in [-0.39, 0.29) is 19.3 Å². The van der Waals surface area contributed by atoms with Gasteiger partial charge in [-0.3, -0.25) is 9.69 Å². The van der Waals surface area contributed by atoms with Gasteiger partial charge in [-0.2, -0.15) is 0 Å². The van der Waals surface area contributed by atoms with Crippen molar-refractivity contribution in [2.24, 2.45) is 5.92 Å². The molecule has 0 aromatic heterocycles. The van der Waals surface area contributed by atoms with E-state index in [9.17, 15) is 4.79 Å². The van der Waals surface area contributed by atoms with Crippen molar-refractivity contribution in [2.75, 3.05) is 33.6 Å². The van der Waals surface area contributed by atoms with Crippen LogP contribution in [0.1, 0.15) is 30.9 Å². The van der Waals surface area contributed by atoms with Gasteiger partial charge in [-0.1, -0.05) is 31.2 Å². The number of rotatable bonds is 9. The highest BCUT2D eigenvalue weighted by molar-refractivity contribution is 5.77. The molecular formula is C30H34N2O5. The summed E-state index contributed by atoms with van der Waals surface area (Å²) in [6, 6.07) is 19.8. The Morgan fingerprint density at radius 1 is 1.03 bits per heavy atom. The largest absolute Gasteiger partial charge is 0.497 e. The molecule has 0 saturated carbocycles. The topological polar surface area (TPSA) is 69.3 Å². The number of nitrogens with zero attached hydrogens (tertiary/aromatic N) is 1. The van der Waals surface area contributed by atoms with Crippen molar-refractivity contribution in [3.63, 3.8) is 0 Å². The Labute approximate surface area is 218 Å². The molecule has 0 bridgehead atoms. The number of hydrogen-bond acceptors (Lipinski definition) is 6. The molecule has 1 fully saturated rings. The van der Waals surface area contributed by atoms with Crippen molar-refractivity contribution in [2.45, 2.75) is 32.9 Å². The lowest BCUT2D eigenvalue weighted by Gasteiger charge is -2.31. The maximum atomic E-state index is 12.6. The van der Waals surface area contributed by atoms with Crippen molar-refractivity contribution in [1.29, 1.82) is 0 Å². The number of hydrogen-bond donors (Lipinski definition) is 1.